The van der Waals surface area contributed by atoms with Gasteiger partial charge in [0.15, 0.2) is 0 Å². The zero-order valence-electron chi connectivity index (χ0n) is 9.53. The quantitative estimate of drug-likeness (QED) is 0.759. The lowest BCUT2D eigenvalue weighted by atomic mass is 10.1. The number of nitrogens with one attached hydrogen (secondary N) is 1. The van der Waals surface area contributed by atoms with Crippen LogP contribution in [0.5, 0.6) is 0 Å². The van der Waals surface area contributed by atoms with Gasteiger partial charge >= 0.3 is 0 Å². The third-order valence-corrected chi connectivity index (χ3v) is 2.16. The van der Waals surface area contributed by atoms with Crippen molar-refractivity contribution in [2.24, 2.45) is 5.73 Å². The molecule has 0 radical (unpaired) electrons. The molecule has 0 aliphatic carbocycles. The van der Waals surface area contributed by atoms with Gasteiger partial charge in [-0.1, -0.05) is 12.1 Å². The second-order valence-corrected chi connectivity index (χ2v) is 3.57. The van der Waals surface area contributed by atoms with Crippen LogP contribution in [0, 0.1) is 0 Å². The van der Waals surface area contributed by atoms with Crippen molar-refractivity contribution in [3.8, 4) is 0 Å². The first kappa shape index (κ1) is 12.7. The molecule has 4 nitrogen and oxygen atoms in total. The van der Waals surface area contributed by atoms with Crippen LogP contribution in [0.15, 0.2) is 24.3 Å². The summed E-state index contributed by atoms with van der Waals surface area (Å²) in [6, 6.07) is 7.78. The van der Waals surface area contributed by atoms with Gasteiger partial charge in [-0.15, -0.1) is 0 Å². The number of carbonyl (C=O) groups excluding carboxylic acids is 1. The number of methoxy groups -OCH3 is 1. The van der Waals surface area contributed by atoms with E-state index in [9.17, 15) is 4.79 Å². The van der Waals surface area contributed by atoms with E-state index in [2.05, 4.69) is 5.32 Å². The van der Waals surface area contributed by atoms with Crippen LogP contribution >= 0.6 is 0 Å². The van der Waals surface area contributed by atoms with E-state index in [0.29, 0.717) is 6.54 Å². The molecule has 3 N–H and O–H groups in total. The Hall–Kier alpha value is -1.39. The highest BCUT2D eigenvalue weighted by atomic mass is 16.5. The van der Waals surface area contributed by atoms with Crippen LogP contribution in [0.2, 0.25) is 0 Å². The standard InChI is InChI=1S/C12H18N2O2/c1-16-9-12(15)14-11-6-2-4-10(8-11)5-3-7-13/h2,4,6,8H,3,5,7,9,13H2,1H3,(H,14,15). The highest BCUT2D eigenvalue weighted by molar-refractivity contribution is 5.91. The Morgan fingerprint density at radius 2 is 2.31 bits per heavy atom. The first-order chi connectivity index (χ1) is 7.76. The Bertz CT molecular complexity index is 340. The number of nitrogens with two attached hydrogens (primary N) is 1. The molecule has 0 aliphatic rings. The number of carbonyl (C=O) groups is 1. The van der Waals surface area contributed by atoms with Crippen molar-refractivity contribution in [2.45, 2.75) is 12.8 Å². The summed E-state index contributed by atoms with van der Waals surface area (Å²) in [6.07, 6.45) is 1.89. The van der Waals surface area contributed by atoms with Gasteiger partial charge in [-0.05, 0) is 37.1 Å². The predicted octanol–water partition coefficient (Wildman–Crippen LogP) is 1.16. The van der Waals surface area contributed by atoms with Crippen molar-refractivity contribution in [3.63, 3.8) is 0 Å². The molecule has 1 amide bonds. The summed E-state index contributed by atoms with van der Waals surface area (Å²) in [7, 11) is 1.50. The van der Waals surface area contributed by atoms with Crippen LogP contribution in [0.1, 0.15) is 12.0 Å². The van der Waals surface area contributed by atoms with Gasteiger partial charge in [-0.3, -0.25) is 4.79 Å². The SMILES string of the molecule is COCC(=O)Nc1cccc(CCCN)c1. The van der Waals surface area contributed by atoms with Gasteiger partial charge in [-0.25, -0.2) is 0 Å². The fraction of sp³-hybridized carbons (Fsp3) is 0.417. The van der Waals surface area contributed by atoms with Crippen molar-refractivity contribution >= 4 is 11.6 Å². The van der Waals surface area contributed by atoms with E-state index in [4.69, 9.17) is 10.5 Å². The van der Waals surface area contributed by atoms with Gasteiger partial charge in [0.1, 0.15) is 6.61 Å². The van der Waals surface area contributed by atoms with E-state index in [0.717, 1.165) is 18.5 Å². The summed E-state index contributed by atoms with van der Waals surface area (Å²) in [5.41, 5.74) is 7.43. The fourth-order valence-corrected chi connectivity index (χ4v) is 1.44. The van der Waals surface area contributed by atoms with Gasteiger partial charge in [0.05, 0.1) is 0 Å². The summed E-state index contributed by atoms with van der Waals surface area (Å²) in [6.45, 7) is 0.757. The van der Waals surface area contributed by atoms with E-state index >= 15 is 0 Å². The number of anilines is 1. The minimum absolute atomic E-state index is 0.0764. The number of aryl methyl sites for hydroxylation is 1. The summed E-state index contributed by atoms with van der Waals surface area (Å²) >= 11 is 0. The number of rotatable bonds is 6. The van der Waals surface area contributed by atoms with E-state index in [1.165, 1.54) is 12.7 Å². The number of amides is 1. The Kier molecular flexibility index (Phi) is 5.53. The average molecular weight is 222 g/mol. The van der Waals surface area contributed by atoms with Crippen LogP contribution < -0.4 is 11.1 Å². The Morgan fingerprint density at radius 1 is 1.50 bits per heavy atom. The number of hydrogen-bond acceptors (Lipinski definition) is 3. The molecule has 88 valence electrons. The molecular formula is C12H18N2O2. The first-order valence-corrected chi connectivity index (χ1v) is 5.34. The van der Waals surface area contributed by atoms with E-state index in [-0.39, 0.29) is 12.5 Å². The van der Waals surface area contributed by atoms with Crippen molar-refractivity contribution < 1.29 is 9.53 Å². The highest BCUT2D eigenvalue weighted by Crippen LogP contribution is 2.11. The van der Waals surface area contributed by atoms with Crippen LogP contribution in [0.3, 0.4) is 0 Å². The van der Waals surface area contributed by atoms with E-state index < -0.39 is 0 Å². The van der Waals surface area contributed by atoms with Gasteiger partial charge in [0.25, 0.3) is 0 Å². The molecule has 4 heteroatoms. The molecule has 0 fully saturated rings. The Morgan fingerprint density at radius 3 is 3.00 bits per heavy atom. The Labute approximate surface area is 95.8 Å². The molecule has 0 saturated heterocycles. The lowest BCUT2D eigenvalue weighted by Crippen LogP contribution is -2.17. The van der Waals surface area contributed by atoms with Crippen molar-refractivity contribution in [3.05, 3.63) is 29.8 Å². The smallest absolute Gasteiger partial charge is 0.250 e. The molecule has 16 heavy (non-hydrogen) atoms. The number of ether oxygens (including phenoxy) is 1. The normalized spacial score (nSPS) is 10.1. The van der Waals surface area contributed by atoms with Crippen LogP contribution in [0.4, 0.5) is 5.69 Å². The second-order valence-electron chi connectivity index (χ2n) is 3.57. The maximum absolute atomic E-state index is 11.3. The zero-order chi connectivity index (χ0) is 11.8. The molecule has 1 rings (SSSR count). The number of benzene rings is 1. The first-order valence-electron chi connectivity index (χ1n) is 5.34. The van der Waals surface area contributed by atoms with Gasteiger partial charge < -0.3 is 15.8 Å². The highest BCUT2D eigenvalue weighted by Gasteiger charge is 2.01. The topological polar surface area (TPSA) is 64.3 Å². The molecular weight excluding hydrogens is 204 g/mol. The third-order valence-electron chi connectivity index (χ3n) is 2.16. The minimum atomic E-state index is -0.140. The lowest BCUT2D eigenvalue weighted by Gasteiger charge is -2.06. The van der Waals surface area contributed by atoms with E-state index in [1.807, 2.05) is 24.3 Å². The molecule has 0 bridgehead atoms. The second kappa shape index (κ2) is 6.98. The largest absolute Gasteiger partial charge is 0.375 e. The zero-order valence-corrected chi connectivity index (χ0v) is 9.53. The van der Waals surface area contributed by atoms with Gasteiger partial charge in [0.2, 0.25) is 5.91 Å². The van der Waals surface area contributed by atoms with E-state index in [1.54, 1.807) is 0 Å². The van der Waals surface area contributed by atoms with Crippen LogP contribution in [0.25, 0.3) is 0 Å². The molecule has 0 unspecified atom stereocenters. The van der Waals surface area contributed by atoms with Crippen LogP contribution in [-0.2, 0) is 16.0 Å². The monoisotopic (exact) mass is 222 g/mol. The molecule has 0 heterocycles. The maximum atomic E-state index is 11.3. The molecule has 0 atom stereocenters. The maximum Gasteiger partial charge on any atom is 0.250 e. The fourth-order valence-electron chi connectivity index (χ4n) is 1.44. The number of hydrogen-bond donors (Lipinski definition) is 2. The minimum Gasteiger partial charge on any atom is -0.375 e. The molecule has 0 spiro atoms. The summed E-state index contributed by atoms with van der Waals surface area (Å²) in [4.78, 5) is 11.3. The van der Waals surface area contributed by atoms with Crippen LogP contribution in [-0.4, -0.2) is 26.2 Å². The summed E-state index contributed by atoms with van der Waals surface area (Å²) in [5.74, 6) is -0.140. The lowest BCUT2D eigenvalue weighted by molar-refractivity contribution is -0.119. The van der Waals surface area contributed by atoms with Crippen molar-refractivity contribution in [2.75, 3.05) is 25.6 Å². The van der Waals surface area contributed by atoms with Crippen molar-refractivity contribution in [1.29, 1.82) is 0 Å². The summed E-state index contributed by atoms with van der Waals surface area (Å²) < 4.78 is 4.74. The molecule has 1 aromatic carbocycles. The average Bonchev–Trinajstić information content (AvgIpc) is 2.27. The predicted molar refractivity (Wildman–Crippen MR) is 64.3 cm³/mol. The molecule has 1 aromatic rings. The molecule has 0 aliphatic heterocycles. The molecule has 0 saturated carbocycles. The molecule has 0 aromatic heterocycles. The van der Waals surface area contributed by atoms with Gasteiger partial charge in [-0.2, -0.15) is 0 Å². The van der Waals surface area contributed by atoms with Crippen molar-refractivity contribution in [1.82, 2.24) is 0 Å². The Balaban J connectivity index is 2.56. The van der Waals surface area contributed by atoms with Gasteiger partial charge in [0, 0.05) is 12.8 Å². The third kappa shape index (κ3) is 4.42. The summed E-state index contributed by atoms with van der Waals surface area (Å²) in [5, 5.41) is 2.76.